The lowest BCUT2D eigenvalue weighted by Gasteiger charge is -2.19. The number of phenolic OH excluding ortho intramolecular Hbond substituents is 1. The van der Waals surface area contributed by atoms with Gasteiger partial charge in [0.1, 0.15) is 11.6 Å². The molecule has 6 rings (SSSR count). The first-order chi connectivity index (χ1) is 17.3. The Morgan fingerprint density at radius 2 is 1.69 bits per heavy atom. The van der Waals surface area contributed by atoms with Gasteiger partial charge >= 0.3 is 0 Å². The molecule has 3 aromatic heterocycles. The van der Waals surface area contributed by atoms with E-state index >= 15 is 0 Å². The lowest BCUT2D eigenvalue weighted by molar-refractivity contribution is 0.0996. The molecule has 180 valence electrons. The van der Waals surface area contributed by atoms with Gasteiger partial charge in [0.15, 0.2) is 11.3 Å². The Kier molecular flexibility index (Phi) is 4.82. The van der Waals surface area contributed by atoms with Gasteiger partial charge in [-0.05, 0) is 42.7 Å². The highest BCUT2D eigenvalue weighted by atomic mass is 16.3. The third kappa shape index (κ3) is 3.31. The van der Waals surface area contributed by atoms with Crippen LogP contribution in [0.15, 0.2) is 54.6 Å². The van der Waals surface area contributed by atoms with Crippen molar-refractivity contribution in [2.45, 2.75) is 26.9 Å². The van der Waals surface area contributed by atoms with Gasteiger partial charge in [-0.3, -0.25) is 9.48 Å². The van der Waals surface area contributed by atoms with Crippen molar-refractivity contribution in [2.24, 2.45) is 12.8 Å². The normalized spacial score (nSPS) is 12.9. The molecule has 0 aliphatic carbocycles. The summed E-state index contributed by atoms with van der Waals surface area (Å²) in [5.74, 6) is 0.167. The number of aryl methyl sites for hydroxylation is 2. The summed E-state index contributed by atoms with van der Waals surface area (Å²) < 4.78 is 3.50. The fourth-order valence-corrected chi connectivity index (χ4v) is 5.08. The number of phenols is 1. The average molecular weight is 480 g/mol. The van der Waals surface area contributed by atoms with Crippen LogP contribution in [-0.4, -0.2) is 35.4 Å². The van der Waals surface area contributed by atoms with Gasteiger partial charge in [-0.15, -0.1) is 0 Å². The van der Waals surface area contributed by atoms with Gasteiger partial charge in [-0.1, -0.05) is 36.4 Å². The van der Waals surface area contributed by atoms with Crippen molar-refractivity contribution in [3.8, 4) is 28.1 Å². The van der Waals surface area contributed by atoms with Crippen LogP contribution in [0.2, 0.25) is 0 Å². The molecular weight excluding hydrogens is 454 g/mol. The molecule has 0 fully saturated rings. The van der Waals surface area contributed by atoms with E-state index in [0.29, 0.717) is 16.8 Å². The van der Waals surface area contributed by atoms with E-state index in [9.17, 15) is 9.90 Å². The van der Waals surface area contributed by atoms with Crippen molar-refractivity contribution in [1.82, 2.24) is 24.4 Å². The van der Waals surface area contributed by atoms with Gasteiger partial charge in [0.05, 0.1) is 17.0 Å². The average Bonchev–Trinajstić information content (AvgIpc) is 3.52. The Labute approximate surface area is 207 Å². The van der Waals surface area contributed by atoms with Crippen molar-refractivity contribution >= 4 is 17.4 Å². The Hall–Kier alpha value is -4.66. The summed E-state index contributed by atoms with van der Waals surface area (Å²) in [4.78, 5) is 19.8. The molecule has 9 nitrogen and oxygen atoms in total. The molecule has 0 radical (unpaired) electrons. The highest BCUT2D eigenvalue weighted by Crippen LogP contribution is 2.37. The van der Waals surface area contributed by atoms with E-state index in [4.69, 9.17) is 10.7 Å². The zero-order valence-electron chi connectivity index (χ0n) is 20.2. The second-order valence-corrected chi connectivity index (χ2v) is 9.17. The third-order valence-electron chi connectivity index (χ3n) is 6.87. The van der Waals surface area contributed by atoms with Crippen LogP contribution in [-0.2, 0) is 20.1 Å². The number of aromatic nitrogens is 5. The first kappa shape index (κ1) is 21.8. The van der Waals surface area contributed by atoms with Crippen molar-refractivity contribution in [2.75, 3.05) is 4.90 Å². The first-order valence-corrected chi connectivity index (χ1v) is 11.7. The number of hydrogen-bond donors (Lipinski definition) is 2. The highest BCUT2D eigenvalue weighted by molar-refractivity contribution is 6.02. The van der Waals surface area contributed by atoms with Crippen LogP contribution in [0.25, 0.3) is 28.0 Å². The summed E-state index contributed by atoms with van der Waals surface area (Å²) in [6.45, 7) is 5.40. The second-order valence-electron chi connectivity index (χ2n) is 9.17. The number of amides is 1. The molecule has 1 amide bonds. The predicted octanol–water partition coefficient (Wildman–Crippen LogP) is 3.74. The van der Waals surface area contributed by atoms with E-state index in [1.54, 1.807) is 22.7 Å². The number of rotatable bonds is 4. The summed E-state index contributed by atoms with van der Waals surface area (Å²) in [6, 6.07) is 17.0. The van der Waals surface area contributed by atoms with E-state index in [0.717, 1.165) is 41.6 Å². The number of aromatic hydroxyl groups is 1. The maximum atomic E-state index is 12.6. The van der Waals surface area contributed by atoms with Crippen LogP contribution in [0.5, 0.6) is 5.75 Å². The quantitative estimate of drug-likeness (QED) is 0.406. The van der Waals surface area contributed by atoms with Gasteiger partial charge in [0.25, 0.3) is 5.91 Å². The fourth-order valence-electron chi connectivity index (χ4n) is 5.08. The van der Waals surface area contributed by atoms with Crippen LogP contribution in [0, 0.1) is 13.8 Å². The fraction of sp³-hybridized carbons (Fsp3) is 0.185. The molecule has 9 heteroatoms. The molecule has 5 aromatic rings. The summed E-state index contributed by atoms with van der Waals surface area (Å²) in [5.41, 5.74) is 13.5. The van der Waals surface area contributed by atoms with E-state index in [2.05, 4.69) is 27.2 Å². The van der Waals surface area contributed by atoms with Crippen LogP contribution >= 0.6 is 0 Å². The summed E-state index contributed by atoms with van der Waals surface area (Å²) in [7, 11) is 1.90. The molecule has 0 unspecified atom stereocenters. The van der Waals surface area contributed by atoms with Gasteiger partial charge in [0.2, 0.25) is 0 Å². The first-order valence-electron chi connectivity index (χ1n) is 11.7. The lowest BCUT2D eigenvalue weighted by Crippen LogP contribution is -2.17. The minimum atomic E-state index is -0.667. The molecule has 2 aromatic carbocycles. The largest absolute Gasteiger partial charge is 0.508 e. The molecule has 0 spiro atoms. The molecular formula is C27H25N7O2. The number of nitrogens with zero attached hydrogens (tertiary/aromatic N) is 6. The maximum absolute atomic E-state index is 12.6. The Morgan fingerprint density at radius 3 is 2.31 bits per heavy atom. The van der Waals surface area contributed by atoms with E-state index in [1.165, 1.54) is 11.1 Å². The summed E-state index contributed by atoms with van der Waals surface area (Å²) in [5, 5.41) is 19.4. The zero-order chi connectivity index (χ0) is 25.1. The summed E-state index contributed by atoms with van der Waals surface area (Å²) in [6.07, 6.45) is 0. The topological polar surface area (TPSA) is 115 Å². The molecule has 0 saturated carbocycles. The van der Waals surface area contributed by atoms with Gasteiger partial charge < -0.3 is 15.7 Å². The molecule has 36 heavy (non-hydrogen) atoms. The minimum absolute atomic E-state index is 0.0765. The highest BCUT2D eigenvalue weighted by Gasteiger charge is 2.28. The number of carbonyl (C=O) groups excluding carboxylic acids is 1. The van der Waals surface area contributed by atoms with Crippen LogP contribution in [0.4, 0.5) is 5.82 Å². The SMILES string of the molecule is Cc1nn(C)c(C)c1-c1cc(N2Cc3ccccc3C2)nc2c(-c3cccc(O)c3)c(C(N)=O)nn12. The van der Waals surface area contributed by atoms with E-state index in [-0.39, 0.29) is 11.4 Å². The van der Waals surface area contributed by atoms with Crippen LogP contribution in [0.3, 0.4) is 0 Å². The summed E-state index contributed by atoms with van der Waals surface area (Å²) >= 11 is 0. The molecule has 1 aliphatic heterocycles. The Morgan fingerprint density at radius 1 is 0.972 bits per heavy atom. The van der Waals surface area contributed by atoms with Crippen molar-refractivity contribution < 1.29 is 9.90 Å². The van der Waals surface area contributed by atoms with Crippen LogP contribution < -0.4 is 10.6 Å². The standard InChI is InChI=1S/C27H25N7O2/c1-15-23(16(2)32(3)30-15)21-12-22(33-13-18-7-4-5-8-19(18)14-33)29-27-24(17-9-6-10-20(35)11-17)25(26(28)36)31-34(21)27/h4-12,35H,13-14H2,1-3H3,(H2,28,36). The molecule has 3 N–H and O–H groups in total. The second kappa shape index (κ2) is 7.94. The maximum Gasteiger partial charge on any atom is 0.269 e. The van der Waals surface area contributed by atoms with Crippen molar-refractivity contribution in [3.05, 3.63) is 82.8 Å². The smallest absolute Gasteiger partial charge is 0.269 e. The van der Waals surface area contributed by atoms with Crippen LogP contribution in [0.1, 0.15) is 33.0 Å². The van der Waals surface area contributed by atoms with E-state index in [1.807, 2.05) is 49.8 Å². The number of benzene rings is 2. The number of anilines is 1. The monoisotopic (exact) mass is 479 g/mol. The third-order valence-corrected chi connectivity index (χ3v) is 6.87. The van der Waals surface area contributed by atoms with E-state index < -0.39 is 5.91 Å². The minimum Gasteiger partial charge on any atom is -0.508 e. The van der Waals surface area contributed by atoms with Gasteiger partial charge in [-0.2, -0.15) is 10.2 Å². The zero-order valence-corrected chi connectivity index (χ0v) is 20.2. The molecule has 1 aliphatic rings. The Bertz CT molecular complexity index is 1660. The molecule has 0 atom stereocenters. The van der Waals surface area contributed by atoms with Gasteiger partial charge in [0, 0.05) is 37.5 Å². The van der Waals surface area contributed by atoms with Crippen molar-refractivity contribution in [3.63, 3.8) is 0 Å². The number of nitrogens with two attached hydrogens (primary N) is 1. The Balaban J connectivity index is 1.67. The molecule has 0 bridgehead atoms. The number of hydrogen-bond acceptors (Lipinski definition) is 6. The molecule has 4 heterocycles. The molecule has 0 saturated heterocycles. The van der Waals surface area contributed by atoms with Crippen molar-refractivity contribution in [1.29, 1.82) is 0 Å². The number of primary amides is 1. The lowest BCUT2D eigenvalue weighted by atomic mass is 10.0. The van der Waals surface area contributed by atoms with Gasteiger partial charge in [-0.25, -0.2) is 9.50 Å². The number of fused-ring (bicyclic) bond motifs is 2. The number of carbonyl (C=O) groups is 1. The predicted molar refractivity (Wildman–Crippen MR) is 137 cm³/mol.